The average Bonchev–Trinajstić information content (AvgIpc) is 3.72. The van der Waals surface area contributed by atoms with Crippen LogP contribution in [-0.2, 0) is 0 Å². The molecular formula is C31H28FN7O. The molecule has 40 heavy (non-hydrogen) atoms. The monoisotopic (exact) mass is 533 g/mol. The second-order valence-electron chi connectivity index (χ2n) is 10.2. The largest absolute Gasteiger partial charge is 0.492 e. The van der Waals surface area contributed by atoms with E-state index >= 15 is 0 Å². The molecule has 4 N–H and O–H groups in total. The molecule has 0 amide bonds. The first-order valence-electron chi connectivity index (χ1n) is 13.4. The number of nitrogens with two attached hydrogens (primary N) is 1. The topological polar surface area (TPSA) is 109 Å². The van der Waals surface area contributed by atoms with Crippen molar-refractivity contribution in [1.82, 2.24) is 30.0 Å². The molecule has 0 spiro atoms. The molecule has 1 fully saturated rings. The van der Waals surface area contributed by atoms with Crippen LogP contribution < -0.4 is 10.5 Å². The van der Waals surface area contributed by atoms with Gasteiger partial charge >= 0.3 is 0 Å². The fourth-order valence-electron chi connectivity index (χ4n) is 5.51. The number of benzene rings is 2. The Balaban J connectivity index is 1.23. The number of nitrogens with one attached hydrogen (secondary N) is 2. The number of anilines is 1. The van der Waals surface area contributed by atoms with Gasteiger partial charge in [-0.25, -0.2) is 4.39 Å². The normalized spacial score (nSPS) is 13.9. The van der Waals surface area contributed by atoms with Crippen LogP contribution in [0.3, 0.4) is 0 Å². The number of nitrogen functional groups attached to an aromatic ring is 1. The Hall–Kier alpha value is -4.76. The van der Waals surface area contributed by atoms with Gasteiger partial charge in [0, 0.05) is 58.6 Å². The molecule has 1 aliphatic heterocycles. The van der Waals surface area contributed by atoms with Crippen molar-refractivity contribution in [3.63, 3.8) is 0 Å². The van der Waals surface area contributed by atoms with Gasteiger partial charge in [0.15, 0.2) is 0 Å². The van der Waals surface area contributed by atoms with Gasteiger partial charge in [0.25, 0.3) is 0 Å². The third-order valence-electron chi connectivity index (χ3n) is 7.48. The zero-order chi connectivity index (χ0) is 27.1. The molecule has 0 unspecified atom stereocenters. The highest BCUT2D eigenvalue weighted by molar-refractivity contribution is 6.01. The molecule has 1 aliphatic rings. The van der Waals surface area contributed by atoms with Crippen molar-refractivity contribution in [2.24, 2.45) is 0 Å². The first-order chi connectivity index (χ1) is 19.6. The van der Waals surface area contributed by atoms with Gasteiger partial charge in [-0.1, -0.05) is 6.07 Å². The minimum Gasteiger partial charge on any atom is -0.492 e. The van der Waals surface area contributed by atoms with E-state index in [4.69, 9.17) is 10.5 Å². The lowest BCUT2D eigenvalue weighted by molar-refractivity contribution is 0.237. The Bertz CT molecular complexity index is 1840. The zero-order valence-electron chi connectivity index (χ0n) is 21.8. The highest BCUT2D eigenvalue weighted by Crippen LogP contribution is 2.35. The minimum atomic E-state index is -0.356. The Labute approximate surface area is 230 Å². The summed E-state index contributed by atoms with van der Waals surface area (Å²) >= 11 is 0. The molecule has 9 heteroatoms. The highest BCUT2D eigenvalue weighted by Gasteiger charge is 2.17. The smallest absolute Gasteiger partial charge is 0.127 e. The highest BCUT2D eigenvalue weighted by atomic mass is 19.1. The second-order valence-corrected chi connectivity index (χ2v) is 10.2. The number of hydrogen-bond acceptors (Lipinski definition) is 6. The van der Waals surface area contributed by atoms with Crippen LogP contribution in [0.4, 0.5) is 10.1 Å². The average molecular weight is 534 g/mol. The fraction of sp³-hybridized carbons (Fsp3) is 0.194. The van der Waals surface area contributed by atoms with E-state index in [1.54, 1.807) is 18.6 Å². The van der Waals surface area contributed by atoms with Crippen LogP contribution in [-0.4, -0.2) is 56.3 Å². The van der Waals surface area contributed by atoms with Crippen molar-refractivity contribution in [2.75, 3.05) is 32.0 Å². The Morgan fingerprint density at radius 1 is 0.875 bits per heavy atom. The minimum absolute atomic E-state index is 0.356. The van der Waals surface area contributed by atoms with Crippen LogP contribution in [0.2, 0.25) is 0 Å². The summed E-state index contributed by atoms with van der Waals surface area (Å²) in [4.78, 5) is 14.7. The van der Waals surface area contributed by atoms with Gasteiger partial charge in [-0.05, 0) is 74.0 Å². The summed E-state index contributed by atoms with van der Waals surface area (Å²) in [6.07, 6.45) is 7.61. The van der Waals surface area contributed by atoms with E-state index in [9.17, 15) is 4.39 Å². The van der Waals surface area contributed by atoms with Crippen LogP contribution in [0.25, 0.3) is 55.6 Å². The molecule has 2 aromatic carbocycles. The molecule has 1 saturated heterocycles. The van der Waals surface area contributed by atoms with Gasteiger partial charge < -0.3 is 15.5 Å². The molecule has 0 bridgehead atoms. The van der Waals surface area contributed by atoms with E-state index in [0.29, 0.717) is 29.3 Å². The molecule has 7 rings (SSSR count). The third kappa shape index (κ3) is 4.65. The zero-order valence-corrected chi connectivity index (χ0v) is 21.8. The maximum absolute atomic E-state index is 14.7. The lowest BCUT2D eigenvalue weighted by Crippen LogP contribution is -2.25. The van der Waals surface area contributed by atoms with E-state index in [0.717, 1.165) is 64.0 Å². The number of aromatic amines is 2. The quantitative estimate of drug-likeness (QED) is 0.231. The van der Waals surface area contributed by atoms with E-state index in [1.165, 1.54) is 25.0 Å². The summed E-state index contributed by atoms with van der Waals surface area (Å²) in [5, 5.41) is 9.57. The lowest BCUT2D eigenvalue weighted by Gasteiger charge is -2.15. The number of hydrogen-bond donors (Lipinski definition) is 3. The summed E-state index contributed by atoms with van der Waals surface area (Å²) in [5.74, 6) is 0.149. The van der Waals surface area contributed by atoms with E-state index in [2.05, 4.69) is 36.1 Å². The first-order valence-corrected chi connectivity index (χ1v) is 13.4. The Morgan fingerprint density at radius 2 is 1.75 bits per heavy atom. The van der Waals surface area contributed by atoms with Gasteiger partial charge in [0.2, 0.25) is 0 Å². The summed E-state index contributed by atoms with van der Waals surface area (Å²) in [5.41, 5.74) is 13.2. The predicted octanol–water partition coefficient (Wildman–Crippen LogP) is 6.03. The number of halogens is 1. The third-order valence-corrected chi connectivity index (χ3v) is 7.48. The number of fused-ring (bicyclic) bond motifs is 2. The number of ether oxygens (including phenoxy) is 1. The molecule has 6 aromatic rings. The predicted molar refractivity (Wildman–Crippen MR) is 155 cm³/mol. The van der Waals surface area contributed by atoms with Crippen molar-refractivity contribution in [3.8, 4) is 39.5 Å². The maximum Gasteiger partial charge on any atom is 0.127 e. The second kappa shape index (κ2) is 10.1. The molecule has 0 radical (unpaired) electrons. The number of aromatic nitrogens is 5. The Kier molecular flexibility index (Phi) is 6.13. The Morgan fingerprint density at radius 3 is 2.62 bits per heavy atom. The molecule has 5 heterocycles. The summed E-state index contributed by atoms with van der Waals surface area (Å²) < 4.78 is 20.6. The van der Waals surface area contributed by atoms with Crippen molar-refractivity contribution >= 4 is 27.5 Å². The number of nitrogens with zero attached hydrogens (tertiary/aromatic N) is 4. The molecule has 200 valence electrons. The van der Waals surface area contributed by atoms with Gasteiger partial charge in [-0.2, -0.15) is 5.10 Å². The summed E-state index contributed by atoms with van der Waals surface area (Å²) in [7, 11) is 0. The molecule has 0 atom stereocenters. The fourth-order valence-corrected chi connectivity index (χ4v) is 5.51. The number of rotatable bonds is 7. The van der Waals surface area contributed by atoms with E-state index < -0.39 is 0 Å². The maximum atomic E-state index is 14.7. The van der Waals surface area contributed by atoms with Crippen LogP contribution in [0.5, 0.6) is 5.75 Å². The van der Waals surface area contributed by atoms with Gasteiger partial charge in [-0.15, -0.1) is 0 Å². The van der Waals surface area contributed by atoms with Crippen LogP contribution in [0.1, 0.15) is 12.8 Å². The first kappa shape index (κ1) is 24.3. The number of H-pyrrole nitrogens is 2. The lowest BCUT2D eigenvalue weighted by atomic mass is 10.0. The van der Waals surface area contributed by atoms with Crippen molar-refractivity contribution < 1.29 is 9.13 Å². The van der Waals surface area contributed by atoms with Crippen LogP contribution >= 0.6 is 0 Å². The van der Waals surface area contributed by atoms with E-state index in [1.807, 2.05) is 36.4 Å². The molecule has 0 aliphatic carbocycles. The van der Waals surface area contributed by atoms with Crippen molar-refractivity contribution in [1.29, 1.82) is 0 Å². The molecule has 0 saturated carbocycles. The SMILES string of the molecule is Nc1cncc(-c2ccc3[nH]nc(-c4cc5c(-c6cc(F)cc(OCCN7CCCC7)c6)nccc5[nH]4)c3c2)c1. The van der Waals surface area contributed by atoms with Crippen molar-refractivity contribution in [2.45, 2.75) is 12.8 Å². The molecule has 4 aromatic heterocycles. The standard InChI is InChI=1S/C31H28FN7O/c32-22-11-20(13-24(15-22)40-10-9-39-7-1-2-8-39)30-26-16-29(36-27(26)5-6-35-30)31-25-14-19(3-4-28(25)37-38-31)21-12-23(33)18-34-17-21/h3-6,11-18,36H,1-2,7-10,33H2,(H,37,38). The summed E-state index contributed by atoms with van der Waals surface area (Å²) in [6.45, 7) is 3.57. The number of likely N-dealkylation sites (tertiary alicyclic amines) is 1. The van der Waals surface area contributed by atoms with E-state index in [-0.39, 0.29) is 5.82 Å². The van der Waals surface area contributed by atoms with Gasteiger partial charge in [0.1, 0.15) is 23.9 Å². The van der Waals surface area contributed by atoms with Gasteiger partial charge in [0.05, 0.1) is 22.6 Å². The molecule has 8 nitrogen and oxygen atoms in total. The summed E-state index contributed by atoms with van der Waals surface area (Å²) in [6, 6.07) is 16.7. The van der Waals surface area contributed by atoms with Crippen LogP contribution in [0.15, 0.2) is 73.2 Å². The number of pyridine rings is 2. The van der Waals surface area contributed by atoms with Gasteiger partial charge in [-0.3, -0.25) is 20.0 Å². The van der Waals surface area contributed by atoms with Crippen LogP contribution in [0, 0.1) is 5.82 Å². The van der Waals surface area contributed by atoms with Crippen molar-refractivity contribution in [3.05, 3.63) is 79.0 Å². The molecular weight excluding hydrogens is 505 g/mol.